The SMILES string of the molecule is COc1ccccc1CNC(=O)NC1CCSc2ccc(F)cc21. The number of hydrogen-bond donors (Lipinski definition) is 2. The lowest BCUT2D eigenvalue weighted by atomic mass is 10.0. The Balaban J connectivity index is 1.63. The molecule has 2 aromatic carbocycles. The Bertz CT molecular complexity index is 739. The highest BCUT2D eigenvalue weighted by molar-refractivity contribution is 7.99. The number of hydrogen-bond acceptors (Lipinski definition) is 3. The fourth-order valence-electron chi connectivity index (χ4n) is 2.75. The number of methoxy groups -OCH3 is 1. The molecular formula is C18H19FN2O2S. The molecule has 1 aliphatic rings. The van der Waals surface area contributed by atoms with E-state index >= 15 is 0 Å². The molecule has 1 aliphatic heterocycles. The standard InChI is InChI=1S/C18H19FN2O2S/c1-23-16-5-3-2-4-12(16)11-20-18(22)21-15-8-9-24-17-7-6-13(19)10-14(15)17/h2-7,10,15H,8-9,11H2,1H3,(H2,20,21,22). The van der Waals surface area contributed by atoms with Gasteiger partial charge in [0.2, 0.25) is 0 Å². The van der Waals surface area contributed by atoms with Gasteiger partial charge in [-0.2, -0.15) is 0 Å². The maximum atomic E-state index is 13.5. The number of thioether (sulfide) groups is 1. The summed E-state index contributed by atoms with van der Waals surface area (Å²) in [6, 6.07) is 11.8. The average molecular weight is 346 g/mol. The Kier molecular flexibility index (Phi) is 5.25. The molecule has 126 valence electrons. The number of carbonyl (C=O) groups excluding carboxylic acids is 1. The minimum atomic E-state index is -0.280. The van der Waals surface area contributed by atoms with E-state index in [1.54, 1.807) is 24.9 Å². The van der Waals surface area contributed by atoms with Crippen molar-refractivity contribution in [1.29, 1.82) is 0 Å². The summed E-state index contributed by atoms with van der Waals surface area (Å²) in [4.78, 5) is 13.2. The third kappa shape index (κ3) is 3.82. The van der Waals surface area contributed by atoms with Crippen molar-refractivity contribution < 1.29 is 13.9 Å². The van der Waals surface area contributed by atoms with Crippen molar-refractivity contribution in [3.8, 4) is 5.75 Å². The van der Waals surface area contributed by atoms with Crippen LogP contribution in [0.1, 0.15) is 23.6 Å². The van der Waals surface area contributed by atoms with Crippen molar-refractivity contribution in [2.45, 2.75) is 23.9 Å². The highest BCUT2D eigenvalue weighted by atomic mass is 32.2. The zero-order valence-corrected chi connectivity index (χ0v) is 14.2. The smallest absolute Gasteiger partial charge is 0.315 e. The Hall–Kier alpha value is -2.21. The van der Waals surface area contributed by atoms with Gasteiger partial charge in [-0.05, 0) is 36.2 Å². The molecule has 4 nitrogen and oxygen atoms in total. The Morgan fingerprint density at radius 1 is 1.33 bits per heavy atom. The largest absolute Gasteiger partial charge is 0.496 e. The van der Waals surface area contributed by atoms with Crippen LogP contribution in [0.4, 0.5) is 9.18 Å². The average Bonchev–Trinajstić information content (AvgIpc) is 2.60. The molecule has 6 heteroatoms. The highest BCUT2D eigenvalue weighted by Crippen LogP contribution is 2.36. The van der Waals surface area contributed by atoms with Gasteiger partial charge in [-0.25, -0.2) is 9.18 Å². The minimum absolute atomic E-state index is 0.172. The molecular weight excluding hydrogens is 327 g/mol. The van der Waals surface area contributed by atoms with Crippen molar-refractivity contribution in [2.75, 3.05) is 12.9 Å². The number of benzene rings is 2. The first-order chi connectivity index (χ1) is 11.7. The van der Waals surface area contributed by atoms with Crippen molar-refractivity contribution in [3.05, 3.63) is 59.4 Å². The first kappa shape index (κ1) is 16.6. The number of carbonyl (C=O) groups is 1. The summed E-state index contributed by atoms with van der Waals surface area (Å²) >= 11 is 1.69. The number of urea groups is 1. The lowest BCUT2D eigenvalue weighted by molar-refractivity contribution is 0.236. The van der Waals surface area contributed by atoms with Crippen LogP contribution < -0.4 is 15.4 Å². The number of amides is 2. The second-order valence-corrected chi connectivity index (χ2v) is 6.65. The number of nitrogens with one attached hydrogen (secondary N) is 2. The molecule has 0 saturated carbocycles. The number of halogens is 1. The topological polar surface area (TPSA) is 50.4 Å². The van der Waals surface area contributed by atoms with Crippen LogP contribution in [-0.2, 0) is 6.54 Å². The van der Waals surface area contributed by atoms with Crippen LogP contribution in [0.3, 0.4) is 0 Å². The van der Waals surface area contributed by atoms with Gasteiger partial charge in [0.15, 0.2) is 0 Å². The molecule has 24 heavy (non-hydrogen) atoms. The van der Waals surface area contributed by atoms with Crippen molar-refractivity contribution in [1.82, 2.24) is 10.6 Å². The normalized spacial score (nSPS) is 16.2. The molecule has 0 bridgehead atoms. The van der Waals surface area contributed by atoms with E-state index in [9.17, 15) is 9.18 Å². The molecule has 2 N–H and O–H groups in total. The van der Waals surface area contributed by atoms with Crippen LogP contribution in [0.15, 0.2) is 47.4 Å². The van der Waals surface area contributed by atoms with Crippen LogP contribution in [0.25, 0.3) is 0 Å². The van der Waals surface area contributed by atoms with Gasteiger partial charge >= 0.3 is 6.03 Å². The van der Waals surface area contributed by atoms with Gasteiger partial charge < -0.3 is 15.4 Å². The Labute approximate surface area is 144 Å². The van der Waals surface area contributed by atoms with Crippen LogP contribution in [0.5, 0.6) is 5.75 Å². The van der Waals surface area contributed by atoms with E-state index in [1.165, 1.54) is 12.1 Å². The molecule has 2 amide bonds. The number of para-hydroxylation sites is 1. The maximum Gasteiger partial charge on any atom is 0.315 e. The molecule has 0 aliphatic carbocycles. The highest BCUT2D eigenvalue weighted by Gasteiger charge is 2.22. The minimum Gasteiger partial charge on any atom is -0.496 e. The zero-order valence-electron chi connectivity index (χ0n) is 13.3. The molecule has 3 rings (SSSR count). The molecule has 1 unspecified atom stereocenters. The van der Waals surface area contributed by atoms with E-state index in [1.807, 2.05) is 24.3 Å². The summed E-state index contributed by atoms with van der Waals surface area (Å²) in [6.07, 6.45) is 0.781. The molecule has 0 radical (unpaired) electrons. The van der Waals surface area contributed by atoms with Crippen LogP contribution in [0, 0.1) is 5.82 Å². The molecule has 0 fully saturated rings. The van der Waals surface area contributed by atoms with Crippen LogP contribution in [0.2, 0.25) is 0 Å². The second-order valence-electron chi connectivity index (χ2n) is 5.51. The summed E-state index contributed by atoms with van der Waals surface area (Å²) < 4.78 is 18.8. The number of fused-ring (bicyclic) bond motifs is 1. The quantitative estimate of drug-likeness (QED) is 0.883. The third-order valence-corrected chi connectivity index (χ3v) is 5.07. The summed E-state index contributed by atoms with van der Waals surface area (Å²) in [7, 11) is 1.60. The maximum absolute atomic E-state index is 13.5. The zero-order chi connectivity index (χ0) is 16.9. The van der Waals surface area contributed by atoms with Crippen LogP contribution >= 0.6 is 11.8 Å². The Morgan fingerprint density at radius 2 is 2.17 bits per heavy atom. The first-order valence-electron chi connectivity index (χ1n) is 7.76. The van der Waals surface area contributed by atoms with E-state index in [-0.39, 0.29) is 17.9 Å². The van der Waals surface area contributed by atoms with Gasteiger partial charge in [-0.3, -0.25) is 0 Å². The van der Waals surface area contributed by atoms with Crippen LogP contribution in [-0.4, -0.2) is 18.9 Å². The number of rotatable bonds is 4. The van der Waals surface area contributed by atoms with Gasteiger partial charge in [-0.1, -0.05) is 18.2 Å². The molecule has 1 heterocycles. The summed E-state index contributed by atoms with van der Waals surface area (Å²) in [6.45, 7) is 0.368. The third-order valence-electron chi connectivity index (χ3n) is 3.95. The predicted octanol–water partition coefficient (Wildman–Crippen LogP) is 3.87. The predicted molar refractivity (Wildman–Crippen MR) is 92.8 cm³/mol. The molecule has 1 atom stereocenters. The van der Waals surface area contributed by atoms with Gasteiger partial charge in [0.05, 0.1) is 13.2 Å². The molecule has 0 aromatic heterocycles. The summed E-state index contributed by atoms with van der Waals surface area (Å²) in [5, 5.41) is 5.77. The fourth-order valence-corrected chi connectivity index (χ4v) is 3.85. The van der Waals surface area contributed by atoms with Crippen molar-refractivity contribution in [2.24, 2.45) is 0 Å². The van der Waals surface area contributed by atoms with Gasteiger partial charge in [0.1, 0.15) is 11.6 Å². The molecule has 0 saturated heterocycles. The lowest BCUT2D eigenvalue weighted by Crippen LogP contribution is -2.38. The Morgan fingerprint density at radius 3 is 3.00 bits per heavy atom. The summed E-state index contributed by atoms with van der Waals surface area (Å²) in [5.74, 6) is 1.35. The fraction of sp³-hybridized carbons (Fsp3) is 0.278. The van der Waals surface area contributed by atoms with Crippen molar-refractivity contribution in [3.63, 3.8) is 0 Å². The van der Waals surface area contributed by atoms with E-state index in [0.717, 1.165) is 33.9 Å². The molecule has 2 aromatic rings. The van der Waals surface area contributed by atoms with Gasteiger partial charge in [-0.15, -0.1) is 11.8 Å². The van der Waals surface area contributed by atoms with E-state index in [4.69, 9.17) is 4.74 Å². The van der Waals surface area contributed by atoms with E-state index < -0.39 is 0 Å². The van der Waals surface area contributed by atoms with E-state index in [0.29, 0.717) is 6.54 Å². The second kappa shape index (κ2) is 7.57. The first-order valence-corrected chi connectivity index (χ1v) is 8.74. The van der Waals surface area contributed by atoms with Gasteiger partial charge in [0, 0.05) is 22.8 Å². The summed E-state index contributed by atoms with van der Waals surface area (Å²) in [5.41, 5.74) is 1.75. The van der Waals surface area contributed by atoms with E-state index in [2.05, 4.69) is 10.6 Å². The number of ether oxygens (including phenoxy) is 1. The lowest BCUT2D eigenvalue weighted by Gasteiger charge is -2.26. The monoisotopic (exact) mass is 346 g/mol. The van der Waals surface area contributed by atoms with Gasteiger partial charge in [0.25, 0.3) is 0 Å². The van der Waals surface area contributed by atoms with Crippen molar-refractivity contribution >= 4 is 17.8 Å². The molecule has 0 spiro atoms.